The molecule has 6 heteroatoms. The van der Waals surface area contributed by atoms with Gasteiger partial charge < -0.3 is 4.90 Å². The molecule has 150 valence electrons. The van der Waals surface area contributed by atoms with Gasteiger partial charge in [0.15, 0.2) is 0 Å². The number of aryl methyl sites for hydroxylation is 1. The van der Waals surface area contributed by atoms with Crippen LogP contribution in [0, 0.1) is 11.8 Å². The quantitative estimate of drug-likeness (QED) is 0.773. The van der Waals surface area contributed by atoms with E-state index in [2.05, 4.69) is 16.8 Å². The van der Waals surface area contributed by atoms with Gasteiger partial charge in [0.1, 0.15) is 11.4 Å². The summed E-state index contributed by atoms with van der Waals surface area (Å²) in [6.07, 6.45) is 12.0. The van der Waals surface area contributed by atoms with Crippen LogP contribution in [0.3, 0.4) is 0 Å². The molecular formula is C22H29N3O2S. The van der Waals surface area contributed by atoms with E-state index in [1.807, 2.05) is 0 Å². The first kappa shape index (κ1) is 18.3. The summed E-state index contributed by atoms with van der Waals surface area (Å²) in [5.41, 5.74) is 1.17. The van der Waals surface area contributed by atoms with Crippen LogP contribution >= 0.6 is 11.3 Å². The van der Waals surface area contributed by atoms with Crippen molar-refractivity contribution in [3.8, 4) is 0 Å². The first-order valence-electron chi connectivity index (χ1n) is 10.9. The Bertz CT molecular complexity index is 961. The van der Waals surface area contributed by atoms with E-state index in [1.165, 1.54) is 36.1 Å². The van der Waals surface area contributed by atoms with Crippen molar-refractivity contribution >= 4 is 27.5 Å². The Labute approximate surface area is 169 Å². The molecule has 2 fully saturated rings. The van der Waals surface area contributed by atoms with Crippen molar-refractivity contribution in [2.45, 2.75) is 77.3 Å². The molecule has 2 aliphatic carbocycles. The number of thiophene rings is 1. The molecule has 0 N–H and O–H groups in total. The fourth-order valence-electron chi connectivity index (χ4n) is 5.65. The molecule has 0 aromatic carbocycles. The summed E-state index contributed by atoms with van der Waals surface area (Å²) in [5.74, 6) is 1.43. The van der Waals surface area contributed by atoms with E-state index in [1.54, 1.807) is 22.2 Å². The number of likely N-dealkylation sites (tertiary alicyclic amines) is 1. The average molecular weight is 400 g/mol. The molecular weight excluding hydrogens is 370 g/mol. The van der Waals surface area contributed by atoms with E-state index < -0.39 is 0 Å². The minimum Gasteiger partial charge on any atom is -0.338 e. The molecule has 1 saturated heterocycles. The highest BCUT2D eigenvalue weighted by Crippen LogP contribution is 2.36. The molecule has 0 radical (unpaired) electrons. The fourth-order valence-corrected chi connectivity index (χ4v) is 6.99. The number of amides is 1. The van der Waals surface area contributed by atoms with Gasteiger partial charge in [-0.3, -0.25) is 14.2 Å². The van der Waals surface area contributed by atoms with Crippen molar-refractivity contribution in [2.24, 2.45) is 11.8 Å². The second kappa shape index (κ2) is 7.29. The SMILES string of the molecule is CC1CCc2c(sc3ncn(CC(=O)N4CCCC5CCCCC54)c(=O)c23)C1. The van der Waals surface area contributed by atoms with Gasteiger partial charge in [0.2, 0.25) is 5.91 Å². The van der Waals surface area contributed by atoms with Crippen LogP contribution in [-0.2, 0) is 24.2 Å². The van der Waals surface area contributed by atoms with E-state index >= 15 is 0 Å². The number of hydrogen-bond acceptors (Lipinski definition) is 4. The van der Waals surface area contributed by atoms with Crippen LogP contribution in [0.5, 0.6) is 0 Å². The van der Waals surface area contributed by atoms with Gasteiger partial charge >= 0.3 is 0 Å². The smallest absolute Gasteiger partial charge is 0.262 e. The first-order chi connectivity index (χ1) is 13.6. The predicted octanol–water partition coefficient (Wildman–Crippen LogP) is 3.76. The summed E-state index contributed by atoms with van der Waals surface area (Å²) in [6, 6.07) is 0.387. The molecule has 2 aromatic rings. The fraction of sp³-hybridized carbons (Fsp3) is 0.682. The normalized spacial score (nSPS) is 27.5. The number of rotatable bonds is 2. The zero-order valence-electron chi connectivity index (χ0n) is 16.7. The van der Waals surface area contributed by atoms with Crippen LogP contribution in [0.15, 0.2) is 11.1 Å². The molecule has 2 aromatic heterocycles. The number of aromatic nitrogens is 2. The minimum atomic E-state index is -0.0254. The standard InChI is InChI=1S/C22H29N3O2S/c1-14-8-9-16-18(11-14)28-21-20(16)22(27)24(13-23-21)12-19(26)25-10-4-6-15-5-2-3-7-17(15)25/h13-15,17H,2-12H2,1H3. The number of nitrogens with zero attached hydrogens (tertiary/aromatic N) is 3. The summed E-state index contributed by atoms with van der Waals surface area (Å²) >= 11 is 1.67. The molecule has 1 amide bonds. The Morgan fingerprint density at radius 2 is 2.04 bits per heavy atom. The number of piperidine rings is 1. The van der Waals surface area contributed by atoms with Gasteiger partial charge in [-0.15, -0.1) is 11.3 Å². The van der Waals surface area contributed by atoms with Gasteiger partial charge in [-0.1, -0.05) is 19.8 Å². The topological polar surface area (TPSA) is 55.2 Å². The van der Waals surface area contributed by atoms with Crippen molar-refractivity contribution in [2.75, 3.05) is 6.54 Å². The lowest BCUT2D eigenvalue weighted by Crippen LogP contribution is -2.51. The lowest BCUT2D eigenvalue weighted by molar-refractivity contribution is -0.138. The van der Waals surface area contributed by atoms with Gasteiger partial charge in [0, 0.05) is 17.5 Å². The van der Waals surface area contributed by atoms with Crippen molar-refractivity contribution < 1.29 is 4.79 Å². The van der Waals surface area contributed by atoms with Gasteiger partial charge in [-0.05, 0) is 62.3 Å². The van der Waals surface area contributed by atoms with Crippen LogP contribution in [0.4, 0.5) is 0 Å². The third-order valence-corrected chi connectivity index (χ3v) is 8.31. The largest absolute Gasteiger partial charge is 0.338 e. The lowest BCUT2D eigenvalue weighted by atomic mass is 9.78. The number of hydrogen-bond donors (Lipinski definition) is 0. The molecule has 0 spiro atoms. The lowest BCUT2D eigenvalue weighted by Gasteiger charge is -2.44. The van der Waals surface area contributed by atoms with Gasteiger partial charge in [0.25, 0.3) is 5.56 Å². The number of fused-ring (bicyclic) bond motifs is 4. The molecule has 0 bridgehead atoms. The first-order valence-corrected chi connectivity index (χ1v) is 11.7. The number of carbonyl (C=O) groups is 1. The maximum absolute atomic E-state index is 13.2. The van der Waals surface area contributed by atoms with Crippen LogP contribution in [0.2, 0.25) is 0 Å². The highest BCUT2D eigenvalue weighted by atomic mass is 32.1. The monoisotopic (exact) mass is 399 g/mol. The number of carbonyl (C=O) groups excluding carboxylic acids is 1. The van der Waals surface area contributed by atoms with E-state index in [4.69, 9.17) is 0 Å². The molecule has 3 atom stereocenters. The summed E-state index contributed by atoms with van der Waals surface area (Å²) < 4.78 is 1.56. The second-order valence-corrected chi connectivity index (χ2v) is 10.1. The molecule has 1 saturated carbocycles. The third kappa shape index (κ3) is 3.10. The van der Waals surface area contributed by atoms with E-state index in [9.17, 15) is 9.59 Å². The molecule has 5 nitrogen and oxygen atoms in total. The maximum Gasteiger partial charge on any atom is 0.262 e. The molecule has 1 aliphatic heterocycles. The second-order valence-electron chi connectivity index (χ2n) is 9.05. The molecule has 28 heavy (non-hydrogen) atoms. The van der Waals surface area contributed by atoms with Crippen LogP contribution in [0.1, 0.15) is 62.3 Å². The van der Waals surface area contributed by atoms with Crippen molar-refractivity contribution in [3.63, 3.8) is 0 Å². The maximum atomic E-state index is 13.2. The van der Waals surface area contributed by atoms with E-state index in [0.717, 1.165) is 48.9 Å². The van der Waals surface area contributed by atoms with Crippen molar-refractivity contribution in [1.29, 1.82) is 0 Å². The summed E-state index contributed by atoms with van der Waals surface area (Å²) in [4.78, 5) is 35.1. The van der Waals surface area contributed by atoms with E-state index in [0.29, 0.717) is 17.9 Å². The Balaban J connectivity index is 1.43. The third-order valence-electron chi connectivity index (χ3n) is 7.15. The van der Waals surface area contributed by atoms with Gasteiger partial charge in [-0.2, -0.15) is 0 Å². The van der Waals surface area contributed by atoms with Gasteiger partial charge in [-0.25, -0.2) is 4.98 Å². The highest BCUT2D eigenvalue weighted by molar-refractivity contribution is 7.18. The van der Waals surface area contributed by atoms with Gasteiger partial charge in [0.05, 0.1) is 11.7 Å². The van der Waals surface area contributed by atoms with Crippen molar-refractivity contribution in [1.82, 2.24) is 14.5 Å². The van der Waals surface area contributed by atoms with E-state index in [-0.39, 0.29) is 18.0 Å². The van der Waals surface area contributed by atoms with Crippen molar-refractivity contribution in [3.05, 3.63) is 27.1 Å². The molecule has 3 heterocycles. The Morgan fingerprint density at radius 1 is 1.21 bits per heavy atom. The zero-order chi connectivity index (χ0) is 19.3. The average Bonchev–Trinajstić information content (AvgIpc) is 3.07. The molecule has 5 rings (SSSR count). The highest BCUT2D eigenvalue weighted by Gasteiger charge is 2.35. The van der Waals surface area contributed by atoms with Crippen LogP contribution in [0.25, 0.3) is 10.2 Å². The summed E-state index contributed by atoms with van der Waals surface area (Å²) in [7, 11) is 0. The zero-order valence-corrected chi connectivity index (χ0v) is 17.5. The molecule has 3 aliphatic rings. The Kier molecular flexibility index (Phi) is 4.77. The predicted molar refractivity (Wildman–Crippen MR) is 112 cm³/mol. The summed E-state index contributed by atoms with van der Waals surface area (Å²) in [5, 5.41) is 0.774. The Hall–Kier alpha value is -1.69. The van der Waals surface area contributed by atoms with Crippen LogP contribution < -0.4 is 5.56 Å². The Morgan fingerprint density at radius 3 is 2.93 bits per heavy atom. The van der Waals surface area contributed by atoms with Crippen LogP contribution in [-0.4, -0.2) is 32.9 Å². The minimum absolute atomic E-state index is 0.0254. The summed E-state index contributed by atoms with van der Waals surface area (Å²) in [6.45, 7) is 3.25. The molecule has 3 unspecified atom stereocenters.